The van der Waals surface area contributed by atoms with Gasteiger partial charge in [-0.2, -0.15) is 0 Å². The maximum atomic E-state index is 12.5. The molecule has 1 amide bonds. The predicted octanol–water partition coefficient (Wildman–Crippen LogP) is 2.60. The molecule has 1 fully saturated rings. The first-order valence-electron chi connectivity index (χ1n) is 6.67. The molecule has 2 heterocycles. The Morgan fingerprint density at radius 1 is 1.40 bits per heavy atom. The van der Waals surface area contributed by atoms with E-state index >= 15 is 0 Å². The molecule has 1 aromatic carbocycles. The van der Waals surface area contributed by atoms with Gasteiger partial charge in [0, 0.05) is 31.1 Å². The van der Waals surface area contributed by atoms with Crippen LogP contribution in [0.2, 0.25) is 0 Å². The van der Waals surface area contributed by atoms with Crippen molar-refractivity contribution in [3.8, 4) is 0 Å². The third kappa shape index (κ3) is 2.67. The second-order valence-corrected chi connectivity index (χ2v) is 5.20. The van der Waals surface area contributed by atoms with E-state index in [1.54, 1.807) is 0 Å². The van der Waals surface area contributed by atoms with Gasteiger partial charge in [-0.25, -0.2) is 0 Å². The molecule has 3 rings (SSSR count). The zero-order valence-electron chi connectivity index (χ0n) is 11.7. The molecule has 0 bridgehead atoms. The van der Waals surface area contributed by atoms with Crippen molar-refractivity contribution in [2.24, 2.45) is 0 Å². The molecule has 1 aliphatic heterocycles. The molecule has 20 heavy (non-hydrogen) atoms. The number of piperazine rings is 1. The number of halogens is 1. The van der Waals surface area contributed by atoms with E-state index in [2.05, 4.69) is 12.2 Å². The quantitative estimate of drug-likeness (QED) is 0.879. The van der Waals surface area contributed by atoms with Gasteiger partial charge in [-0.3, -0.25) is 4.79 Å². The van der Waals surface area contributed by atoms with E-state index in [9.17, 15) is 4.79 Å². The van der Waals surface area contributed by atoms with Gasteiger partial charge in [-0.15, -0.1) is 12.4 Å². The van der Waals surface area contributed by atoms with E-state index in [4.69, 9.17) is 4.42 Å². The van der Waals surface area contributed by atoms with Gasteiger partial charge >= 0.3 is 0 Å². The number of amides is 1. The number of hydrogen-bond acceptors (Lipinski definition) is 3. The minimum atomic E-state index is -0.0112. The highest BCUT2D eigenvalue weighted by atomic mass is 35.5. The monoisotopic (exact) mass is 294 g/mol. The lowest BCUT2D eigenvalue weighted by Gasteiger charge is -2.33. The third-order valence-electron chi connectivity index (χ3n) is 3.64. The van der Waals surface area contributed by atoms with Gasteiger partial charge < -0.3 is 14.6 Å². The minimum Gasteiger partial charge on any atom is -0.451 e. The van der Waals surface area contributed by atoms with Crippen LogP contribution < -0.4 is 5.32 Å². The predicted molar refractivity (Wildman–Crippen MR) is 81.6 cm³/mol. The zero-order chi connectivity index (χ0) is 13.4. The van der Waals surface area contributed by atoms with Gasteiger partial charge in [-0.05, 0) is 32.0 Å². The number of furan rings is 1. The molecule has 0 saturated carbocycles. The van der Waals surface area contributed by atoms with Crippen molar-refractivity contribution in [1.82, 2.24) is 10.2 Å². The first kappa shape index (κ1) is 14.9. The number of nitrogens with one attached hydrogen (secondary N) is 1. The maximum absolute atomic E-state index is 12.5. The lowest BCUT2D eigenvalue weighted by Crippen LogP contribution is -2.52. The molecule has 1 saturated heterocycles. The van der Waals surface area contributed by atoms with Crippen LogP contribution >= 0.6 is 12.4 Å². The normalized spacial score (nSPS) is 18.9. The van der Waals surface area contributed by atoms with Gasteiger partial charge in [0.05, 0.1) is 0 Å². The topological polar surface area (TPSA) is 45.5 Å². The van der Waals surface area contributed by atoms with Crippen LogP contribution in [0, 0.1) is 6.92 Å². The highest BCUT2D eigenvalue weighted by Crippen LogP contribution is 2.22. The van der Waals surface area contributed by atoms with E-state index in [-0.39, 0.29) is 24.4 Å². The summed E-state index contributed by atoms with van der Waals surface area (Å²) < 4.78 is 5.67. The molecule has 5 heteroatoms. The molecular weight excluding hydrogens is 276 g/mol. The van der Waals surface area contributed by atoms with Crippen molar-refractivity contribution in [2.45, 2.75) is 19.9 Å². The molecule has 108 valence electrons. The smallest absolute Gasteiger partial charge is 0.289 e. The average molecular weight is 295 g/mol. The average Bonchev–Trinajstić information content (AvgIpc) is 2.81. The summed E-state index contributed by atoms with van der Waals surface area (Å²) >= 11 is 0. The standard InChI is InChI=1S/C15H18N2O2.ClH/c1-10-3-4-13-12(7-10)8-14(19-13)15(18)17-6-5-16-9-11(17)2;/h3-4,7-8,11,16H,5-6,9H2,1-2H3;1H/t11-;/m1./s1. The van der Waals surface area contributed by atoms with Gasteiger partial charge in [-0.1, -0.05) is 11.6 Å². The second kappa shape index (κ2) is 5.85. The first-order chi connectivity index (χ1) is 9.15. The summed E-state index contributed by atoms with van der Waals surface area (Å²) in [6.45, 7) is 6.50. The van der Waals surface area contributed by atoms with Crippen molar-refractivity contribution in [2.75, 3.05) is 19.6 Å². The van der Waals surface area contributed by atoms with E-state index in [1.165, 1.54) is 5.56 Å². The Hall–Kier alpha value is -1.52. The van der Waals surface area contributed by atoms with E-state index in [0.29, 0.717) is 5.76 Å². The summed E-state index contributed by atoms with van der Waals surface area (Å²) in [6, 6.07) is 8.00. The van der Waals surface area contributed by atoms with Gasteiger partial charge in [0.2, 0.25) is 0 Å². The molecule has 1 atom stereocenters. The van der Waals surface area contributed by atoms with E-state index < -0.39 is 0 Å². The Morgan fingerprint density at radius 3 is 2.95 bits per heavy atom. The number of carbonyl (C=O) groups excluding carboxylic acids is 1. The van der Waals surface area contributed by atoms with Crippen molar-refractivity contribution >= 4 is 29.3 Å². The van der Waals surface area contributed by atoms with Gasteiger partial charge in [0.1, 0.15) is 5.58 Å². The zero-order valence-corrected chi connectivity index (χ0v) is 12.5. The van der Waals surface area contributed by atoms with Crippen LogP contribution in [0.4, 0.5) is 0 Å². The molecule has 0 spiro atoms. The maximum Gasteiger partial charge on any atom is 0.289 e. The summed E-state index contributed by atoms with van der Waals surface area (Å²) in [5.41, 5.74) is 1.94. The molecule has 4 nitrogen and oxygen atoms in total. The fourth-order valence-electron chi connectivity index (χ4n) is 2.55. The third-order valence-corrected chi connectivity index (χ3v) is 3.64. The van der Waals surface area contributed by atoms with Gasteiger partial charge in [0.15, 0.2) is 5.76 Å². The SMILES string of the molecule is Cc1ccc2oc(C(=O)N3CCNC[C@H]3C)cc2c1.Cl. The van der Waals surface area contributed by atoms with Crippen LogP contribution in [0.3, 0.4) is 0 Å². The molecule has 1 aromatic heterocycles. The Kier molecular flexibility index (Phi) is 4.35. The van der Waals surface area contributed by atoms with Crippen molar-refractivity contribution in [3.05, 3.63) is 35.6 Å². The highest BCUT2D eigenvalue weighted by molar-refractivity contribution is 5.96. The summed E-state index contributed by atoms with van der Waals surface area (Å²) in [4.78, 5) is 14.3. The van der Waals surface area contributed by atoms with Crippen LogP contribution in [0.15, 0.2) is 28.7 Å². The van der Waals surface area contributed by atoms with Crippen molar-refractivity contribution in [3.63, 3.8) is 0 Å². The van der Waals surface area contributed by atoms with Crippen molar-refractivity contribution in [1.29, 1.82) is 0 Å². The summed E-state index contributed by atoms with van der Waals surface area (Å²) in [5.74, 6) is 0.428. The molecular formula is C15H19ClN2O2. The lowest BCUT2D eigenvalue weighted by atomic mass is 10.1. The van der Waals surface area contributed by atoms with Crippen LogP contribution in [0.25, 0.3) is 11.0 Å². The summed E-state index contributed by atoms with van der Waals surface area (Å²) in [7, 11) is 0. The number of rotatable bonds is 1. The Morgan fingerprint density at radius 2 is 2.20 bits per heavy atom. The Balaban J connectivity index is 0.00000147. The van der Waals surface area contributed by atoms with Crippen LogP contribution in [-0.4, -0.2) is 36.5 Å². The molecule has 0 radical (unpaired) electrons. The van der Waals surface area contributed by atoms with Gasteiger partial charge in [0.25, 0.3) is 5.91 Å². The van der Waals surface area contributed by atoms with Crippen LogP contribution in [-0.2, 0) is 0 Å². The van der Waals surface area contributed by atoms with E-state index in [1.807, 2.05) is 36.1 Å². The van der Waals surface area contributed by atoms with Crippen molar-refractivity contribution < 1.29 is 9.21 Å². The number of hydrogen-bond donors (Lipinski definition) is 1. The fraction of sp³-hybridized carbons (Fsp3) is 0.400. The fourth-order valence-corrected chi connectivity index (χ4v) is 2.55. The number of benzene rings is 1. The van der Waals surface area contributed by atoms with Crippen LogP contribution in [0.1, 0.15) is 23.0 Å². The first-order valence-corrected chi connectivity index (χ1v) is 6.67. The summed E-state index contributed by atoms with van der Waals surface area (Å²) in [6.07, 6.45) is 0. The minimum absolute atomic E-state index is 0. The molecule has 1 N–H and O–H groups in total. The Labute approximate surface area is 124 Å². The molecule has 0 aliphatic carbocycles. The number of aryl methyl sites for hydroxylation is 1. The Bertz CT molecular complexity index is 623. The largest absolute Gasteiger partial charge is 0.451 e. The highest BCUT2D eigenvalue weighted by Gasteiger charge is 2.26. The van der Waals surface area contributed by atoms with Crippen LogP contribution in [0.5, 0.6) is 0 Å². The second-order valence-electron chi connectivity index (χ2n) is 5.20. The van der Waals surface area contributed by atoms with E-state index in [0.717, 1.165) is 30.6 Å². The molecule has 0 unspecified atom stereocenters. The lowest BCUT2D eigenvalue weighted by molar-refractivity contribution is 0.0625. The molecule has 1 aliphatic rings. The number of nitrogens with zero attached hydrogens (tertiary/aromatic N) is 1. The number of carbonyl (C=O) groups is 1. The summed E-state index contributed by atoms with van der Waals surface area (Å²) in [5, 5.41) is 4.27. The molecule has 2 aromatic rings. The number of fused-ring (bicyclic) bond motifs is 1.